The van der Waals surface area contributed by atoms with Gasteiger partial charge in [0, 0.05) is 13.1 Å². The van der Waals surface area contributed by atoms with Gasteiger partial charge in [-0.1, -0.05) is 12.1 Å². The SMILES string of the molecule is Fc1cccc(COCC2CNCCO2)c1Br. The van der Waals surface area contributed by atoms with E-state index in [1.54, 1.807) is 6.07 Å². The molecule has 1 unspecified atom stereocenters. The van der Waals surface area contributed by atoms with Crippen molar-refractivity contribution in [2.75, 3.05) is 26.3 Å². The third kappa shape index (κ3) is 3.74. The Kier molecular flexibility index (Phi) is 4.91. The molecule has 1 atom stereocenters. The summed E-state index contributed by atoms with van der Waals surface area (Å²) in [5.74, 6) is -0.262. The lowest BCUT2D eigenvalue weighted by molar-refractivity contribution is -0.0358. The monoisotopic (exact) mass is 303 g/mol. The van der Waals surface area contributed by atoms with E-state index in [9.17, 15) is 4.39 Å². The van der Waals surface area contributed by atoms with Crippen LogP contribution in [0, 0.1) is 5.82 Å². The number of nitrogens with one attached hydrogen (secondary N) is 1. The highest BCUT2D eigenvalue weighted by atomic mass is 79.9. The lowest BCUT2D eigenvalue weighted by Gasteiger charge is -2.23. The van der Waals surface area contributed by atoms with Crippen molar-refractivity contribution >= 4 is 15.9 Å². The maximum absolute atomic E-state index is 13.2. The predicted octanol–water partition coefficient (Wildman–Crippen LogP) is 2.09. The molecule has 0 amide bonds. The summed E-state index contributed by atoms with van der Waals surface area (Å²) in [6, 6.07) is 4.94. The first-order chi connectivity index (χ1) is 8.27. The highest BCUT2D eigenvalue weighted by molar-refractivity contribution is 9.10. The zero-order valence-electron chi connectivity index (χ0n) is 9.42. The van der Waals surface area contributed by atoms with Crippen molar-refractivity contribution < 1.29 is 13.9 Å². The molecule has 3 nitrogen and oxygen atoms in total. The van der Waals surface area contributed by atoms with Crippen molar-refractivity contribution in [2.45, 2.75) is 12.7 Å². The largest absolute Gasteiger partial charge is 0.374 e. The first kappa shape index (κ1) is 13.0. The maximum Gasteiger partial charge on any atom is 0.137 e. The Bertz CT molecular complexity index is 370. The van der Waals surface area contributed by atoms with Gasteiger partial charge in [-0.3, -0.25) is 0 Å². The minimum atomic E-state index is -0.262. The standard InChI is InChI=1S/C12H15BrFNO2/c13-12-9(2-1-3-11(12)14)7-16-8-10-6-15-4-5-17-10/h1-3,10,15H,4-8H2. The first-order valence-corrected chi connectivity index (χ1v) is 6.39. The van der Waals surface area contributed by atoms with E-state index >= 15 is 0 Å². The van der Waals surface area contributed by atoms with Crippen LogP contribution in [0.3, 0.4) is 0 Å². The molecule has 1 aromatic carbocycles. The Balaban J connectivity index is 1.79. The number of halogens is 2. The third-order valence-electron chi connectivity index (χ3n) is 2.60. The Labute approximate surface area is 108 Å². The van der Waals surface area contributed by atoms with Gasteiger partial charge in [0.2, 0.25) is 0 Å². The first-order valence-electron chi connectivity index (χ1n) is 5.60. The molecule has 1 heterocycles. The smallest absolute Gasteiger partial charge is 0.137 e. The van der Waals surface area contributed by atoms with Crippen LogP contribution in [0.1, 0.15) is 5.56 Å². The molecular formula is C12H15BrFNO2. The summed E-state index contributed by atoms with van der Waals surface area (Å²) in [6.45, 7) is 3.34. The molecule has 0 aliphatic carbocycles. The molecule has 0 spiro atoms. The molecule has 17 heavy (non-hydrogen) atoms. The van der Waals surface area contributed by atoms with Crippen LogP contribution in [0.15, 0.2) is 22.7 Å². The molecule has 1 fully saturated rings. The quantitative estimate of drug-likeness (QED) is 0.924. The molecular weight excluding hydrogens is 289 g/mol. The summed E-state index contributed by atoms with van der Waals surface area (Å²) in [6.07, 6.45) is 0.0936. The molecule has 1 aromatic rings. The Morgan fingerprint density at radius 3 is 3.18 bits per heavy atom. The van der Waals surface area contributed by atoms with Crippen molar-refractivity contribution in [3.63, 3.8) is 0 Å². The van der Waals surface area contributed by atoms with E-state index in [1.165, 1.54) is 6.07 Å². The van der Waals surface area contributed by atoms with Crippen molar-refractivity contribution in [1.29, 1.82) is 0 Å². The summed E-state index contributed by atoms with van der Waals surface area (Å²) >= 11 is 3.21. The van der Waals surface area contributed by atoms with Gasteiger partial charge < -0.3 is 14.8 Å². The molecule has 94 valence electrons. The van der Waals surface area contributed by atoms with E-state index < -0.39 is 0 Å². The summed E-state index contributed by atoms with van der Waals surface area (Å²) in [5.41, 5.74) is 0.814. The number of benzene rings is 1. The Hall–Kier alpha value is -0.490. The van der Waals surface area contributed by atoms with E-state index in [0.29, 0.717) is 17.7 Å². The van der Waals surface area contributed by atoms with Gasteiger partial charge in [0.1, 0.15) is 5.82 Å². The van der Waals surface area contributed by atoms with Crippen LogP contribution in [0.5, 0.6) is 0 Å². The molecule has 1 aliphatic heterocycles. The minimum Gasteiger partial charge on any atom is -0.374 e. The second-order valence-corrected chi connectivity index (χ2v) is 4.72. The van der Waals surface area contributed by atoms with Gasteiger partial charge >= 0.3 is 0 Å². The van der Waals surface area contributed by atoms with Crippen molar-refractivity contribution in [1.82, 2.24) is 5.32 Å². The van der Waals surface area contributed by atoms with Gasteiger partial charge in [0.25, 0.3) is 0 Å². The second kappa shape index (κ2) is 6.44. The van der Waals surface area contributed by atoms with Crippen LogP contribution in [0.2, 0.25) is 0 Å². The van der Waals surface area contributed by atoms with Crippen molar-refractivity contribution in [3.05, 3.63) is 34.1 Å². The molecule has 1 N–H and O–H groups in total. The predicted molar refractivity (Wildman–Crippen MR) is 66.4 cm³/mol. The number of hydrogen-bond acceptors (Lipinski definition) is 3. The molecule has 0 bridgehead atoms. The fraction of sp³-hybridized carbons (Fsp3) is 0.500. The fourth-order valence-corrected chi connectivity index (χ4v) is 2.07. The number of ether oxygens (including phenoxy) is 2. The van der Waals surface area contributed by atoms with Gasteiger partial charge in [-0.25, -0.2) is 4.39 Å². The molecule has 0 radical (unpaired) electrons. The maximum atomic E-state index is 13.2. The van der Waals surface area contributed by atoms with Gasteiger partial charge in [0.05, 0.1) is 30.4 Å². The van der Waals surface area contributed by atoms with E-state index in [2.05, 4.69) is 21.2 Å². The molecule has 1 saturated heterocycles. The molecule has 0 saturated carbocycles. The molecule has 5 heteroatoms. The summed E-state index contributed by atoms with van der Waals surface area (Å²) < 4.78 is 24.7. The van der Waals surface area contributed by atoms with Crippen LogP contribution < -0.4 is 5.32 Å². The van der Waals surface area contributed by atoms with Gasteiger partial charge in [-0.2, -0.15) is 0 Å². The van der Waals surface area contributed by atoms with Gasteiger partial charge in [-0.15, -0.1) is 0 Å². The second-order valence-electron chi connectivity index (χ2n) is 3.92. The average molecular weight is 304 g/mol. The molecule has 0 aromatic heterocycles. The number of rotatable bonds is 4. The Morgan fingerprint density at radius 2 is 2.41 bits per heavy atom. The van der Waals surface area contributed by atoms with Crippen LogP contribution in [0.25, 0.3) is 0 Å². The van der Waals surface area contributed by atoms with E-state index in [1.807, 2.05) is 6.07 Å². The fourth-order valence-electron chi connectivity index (χ4n) is 1.69. The lowest BCUT2D eigenvalue weighted by atomic mass is 10.2. The Morgan fingerprint density at radius 1 is 1.53 bits per heavy atom. The minimum absolute atomic E-state index is 0.0936. The lowest BCUT2D eigenvalue weighted by Crippen LogP contribution is -2.40. The van der Waals surface area contributed by atoms with E-state index in [-0.39, 0.29) is 11.9 Å². The van der Waals surface area contributed by atoms with E-state index in [0.717, 1.165) is 25.3 Å². The summed E-state index contributed by atoms with van der Waals surface area (Å²) in [4.78, 5) is 0. The molecule has 2 rings (SSSR count). The zero-order valence-corrected chi connectivity index (χ0v) is 11.0. The zero-order chi connectivity index (χ0) is 12.1. The average Bonchev–Trinajstić information content (AvgIpc) is 2.36. The van der Waals surface area contributed by atoms with Gasteiger partial charge in [-0.05, 0) is 27.6 Å². The van der Waals surface area contributed by atoms with Crippen LogP contribution >= 0.6 is 15.9 Å². The van der Waals surface area contributed by atoms with Crippen molar-refractivity contribution in [3.8, 4) is 0 Å². The van der Waals surface area contributed by atoms with Crippen LogP contribution in [0.4, 0.5) is 4.39 Å². The number of hydrogen-bond donors (Lipinski definition) is 1. The topological polar surface area (TPSA) is 30.5 Å². The highest BCUT2D eigenvalue weighted by Gasteiger charge is 2.13. The highest BCUT2D eigenvalue weighted by Crippen LogP contribution is 2.21. The molecule has 1 aliphatic rings. The normalized spacial score (nSPS) is 20.5. The van der Waals surface area contributed by atoms with Gasteiger partial charge in [0.15, 0.2) is 0 Å². The van der Waals surface area contributed by atoms with Crippen LogP contribution in [-0.2, 0) is 16.1 Å². The van der Waals surface area contributed by atoms with E-state index in [4.69, 9.17) is 9.47 Å². The third-order valence-corrected chi connectivity index (χ3v) is 3.49. The van der Waals surface area contributed by atoms with Crippen molar-refractivity contribution in [2.24, 2.45) is 0 Å². The summed E-state index contributed by atoms with van der Waals surface area (Å²) in [7, 11) is 0. The summed E-state index contributed by atoms with van der Waals surface area (Å²) in [5, 5.41) is 3.23. The number of morpholine rings is 1. The van der Waals surface area contributed by atoms with Crippen LogP contribution in [-0.4, -0.2) is 32.4 Å².